The summed E-state index contributed by atoms with van der Waals surface area (Å²) in [6.45, 7) is 8.14. The Bertz CT molecular complexity index is 717. The zero-order valence-corrected chi connectivity index (χ0v) is 16.4. The van der Waals surface area contributed by atoms with E-state index in [1.165, 1.54) is 16.7 Å². The van der Waals surface area contributed by atoms with Gasteiger partial charge in [0.1, 0.15) is 12.4 Å². The third kappa shape index (κ3) is 6.10. The highest BCUT2D eigenvalue weighted by Gasteiger charge is 2.24. The molecule has 144 valence electrons. The smallest absolute Gasteiger partial charge is 0.223 e. The lowest BCUT2D eigenvalue weighted by molar-refractivity contribution is -0.126. The van der Waals surface area contributed by atoms with Crippen LogP contribution in [-0.2, 0) is 11.3 Å². The minimum Gasteiger partial charge on any atom is -0.492 e. The molecule has 0 unspecified atom stereocenters. The summed E-state index contributed by atoms with van der Waals surface area (Å²) >= 11 is 0. The molecule has 0 saturated carbocycles. The van der Waals surface area contributed by atoms with E-state index in [9.17, 15) is 4.79 Å². The quantitative estimate of drug-likeness (QED) is 0.760. The van der Waals surface area contributed by atoms with Crippen LogP contribution < -0.4 is 10.1 Å². The molecular formula is C23H30N2O2. The first kappa shape index (κ1) is 19.4. The number of likely N-dealkylation sites (tertiary alicyclic amines) is 1. The molecule has 1 aliphatic rings. The van der Waals surface area contributed by atoms with E-state index in [1.807, 2.05) is 24.3 Å². The van der Waals surface area contributed by atoms with Crippen molar-refractivity contribution in [1.29, 1.82) is 0 Å². The van der Waals surface area contributed by atoms with Gasteiger partial charge in [-0.15, -0.1) is 0 Å². The molecular weight excluding hydrogens is 336 g/mol. The van der Waals surface area contributed by atoms with Gasteiger partial charge in [0, 0.05) is 12.5 Å². The van der Waals surface area contributed by atoms with E-state index in [4.69, 9.17) is 4.74 Å². The molecule has 4 heteroatoms. The molecule has 1 amide bonds. The lowest BCUT2D eigenvalue weighted by Crippen LogP contribution is -2.41. The molecule has 3 rings (SSSR count). The number of rotatable bonds is 7. The minimum atomic E-state index is 0.124. The van der Waals surface area contributed by atoms with Crippen LogP contribution in [-0.4, -0.2) is 37.0 Å². The highest BCUT2D eigenvalue weighted by molar-refractivity contribution is 5.78. The molecule has 0 aromatic heterocycles. The SMILES string of the molecule is Cc1ccc(CN2CCC(C(=O)NCCOc3ccc(C)cc3)CC2)cc1. The van der Waals surface area contributed by atoms with Gasteiger partial charge in [-0.1, -0.05) is 47.5 Å². The Labute approximate surface area is 162 Å². The second kappa shape index (κ2) is 9.56. The normalized spacial score (nSPS) is 15.5. The Morgan fingerprint density at radius 1 is 1.00 bits per heavy atom. The third-order valence-corrected chi connectivity index (χ3v) is 5.18. The molecule has 1 fully saturated rings. The number of carbonyl (C=O) groups is 1. The lowest BCUT2D eigenvalue weighted by atomic mass is 9.95. The molecule has 0 atom stereocenters. The summed E-state index contributed by atoms with van der Waals surface area (Å²) in [5, 5.41) is 3.02. The standard InChI is InChI=1S/C23H30N2O2/c1-18-3-7-20(8-4-18)17-25-14-11-21(12-15-25)23(26)24-13-16-27-22-9-5-19(2)6-10-22/h3-10,21H,11-17H2,1-2H3,(H,24,26). The number of nitrogens with one attached hydrogen (secondary N) is 1. The molecule has 2 aromatic carbocycles. The van der Waals surface area contributed by atoms with Gasteiger partial charge in [-0.25, -0.2) is 0 Å². The van der Waals surface area contributed by atoms with Crippen LogP contribution in [0.25, 0.3) is 0 Å². The number of hydrogen-bond donors (Lipinski definition) is 1. The van der Waals surface area contributed by atoms with Crippen LogP contribution in [0.1, 0.15) is 29.5 Å². The Kier molecular flexibility index (Phi) is 6.88. The zero-order chi connectivity index (χ0) is 19.1. The van der Waals surface area contributed by atoms with E-state index in [0.29, 0.717) is 13.2 Å². The first-order valence-corrected chi connectivity index (χ1v) is 9.85. The van der Waals surface area contributed by atoms with Crippen LogP contribution in [0.3, 0.4) is 0 Å². The van der Waals surface area contributed by atoms with Crippen molar-refractivity contribution in [3.63, 3.8) is 0 Å². The van der Waals surface area contributed by atoms with E-state index in [-0.39, 0.29) is 11.8 Å². The van der Waals surface area contributed by atoms with Crippen molar-refractivity contribution in [1.82, 2.24) is 10.2 Å². The fraction of sp³-hybridized carbons (Fsp3) is 0.435. The topological polar surface area (TPSA) is 41.6 Å². The summed E-state index contributed by atoms with van der Waals surface area (Å²) in [4.78, 5) is 14.8. The fourth-order valence-corrected chi connectivity index (χ4v) is 3.43. The van der Waals surface area contributed by atoms with E-state index in [0.717, 1.165) is 38.2 Å². The van der Waals surface area contributed by atoms with Gasteiger partial charge in [0.25, 0.3) is 0 Å². The number of hydrogen-bond acceptors (Lipinski definition) is 3. The molecule has 1 heterocycles. The van der Waals surface area contributed by atoms with Crippen LogP contribution in [0.2, 0.25) is 0 Å². The maximum absolute atomic E-state index is 12.4. The first-order valence-electron chi connectivity index (χ1n) is 9.85. The molecule has 4 nitrogen and oxygen atoms in total. The number of piperidine rings is 1. The average molecular weight is 367 g/mol. The summed E-state index contributed by atoms with van der Waals surface area (Å²) in [6.07, 6.45) is 1.85. The van der Waals surface area contributed by atoms with Crippen LogP contribution in [0, 0.1) is 19.8 Å². The van der Waals surface area contributed by atoms with Crippen molar-refractivity contribution in [3.05, 3.63) is 65.2 Å². The molecule has 0 bridgehead atoms. The molecule has 0 aliphatic carbocycles. The highest BCUT2D eigenvalue weighted by Crippen LogP contribution is 2.19. The molecule has 27 heavy (non-hydrogen) atoms. The molecule has 0 spiro atoms. The van der Waals surface area contributed by atoms with Gasteiger partial charge in [0.15, 0.2) is 0 Å². The zero-order valence-electron chi connectivity index (χ0n) is 16.4. The Balaban J connectivity index is 1.33. The van der Waals surface area contributed by atoms with Gasteiger partial charge in [0.2, 0.25) is 5.91 Å². The first-order chi connectivity index (χ1) is 13.1. The highest BCUT2D eigenvalue weighted by atomic mass is 16.5. The van der Waals surface area contributed by atoms with Gasteiger partial charge >= 0.3 is 0 Å². The van der Waals surface area contributed by atoms with Crippen molar-refractivity contribution in [3.8, 4) is 5.75 Å². The maximum Gasteiger partial charge on any atom is 0.223 e. The number of benzene rings is 2. The van der Waals surface area contributed by atoms with E-state index in [2.05, 4.69) is 48.3 Å². The summed E-state index contributed by atoms with van der Waals surface area (Å²) in [7, 11) is 0. The second-order valence-electron chi connectivity index (χ2n) is 7.49. The largest absolute Gasteiger partial charge is 0.492 e. The van der Waals surface area contributed by atoms with E-state index in [1.54, 1.807) is 0 Å². The average Bonchev–Trinajstić information content (AvgIpc) is 2.69. The lowest BCUT2D eigenvalue weighted by Gasteiger charge is -2.31. The van der Waals surface area contributed by atoms with Gasteiger partial charge < -0.3 is 10.1 Å². The molecule has 0 radical (unpaired) electrons. The third-order valence-electron chi connectivity index (χ3n) is 5.18. The molecule has 1 aliphatic heterocycles. The summed E-state index contributed by atoms with van der Waals surface area (Å²) < 4.78 is 5.67. The van der Waals surface area contributed by atoms with Crippen molar-refractivity contribution in [2.45, 2.75) is 33.2 Å². The summed E-state index contributed by atoms with van der Waals surface area (Å²) in [6, 6.07) is 16.7. The van der Waals surface area contributed by atoms with Crippen LogP contribution in [0.15, 0.2) is 48.5 Å². The number of nitrogens with zero attached hydrogens (tertiary/aromatic N) is 1. The Morgan fingerprint density at radius 3 is 2.22 bits per heavy atom. The summed E-state index contributed by atoms with van der Waals surface area (Å²) in [5.74, 6) is 1.13. The van der Waals surface area contributed by atoms with Crippen molar-refractivity contribution in [2.75, 3.05) is 26.2 Å². The number of amides is 1. The predicted octanol–water partition coefficient (Wildman–Crippen LogP) is 3.71. The van der Waals surface area contributed by atoms with Crippen LogP contribution in [0.5, 0.6) is 5.75 Å². The van der Waals surface area contributed by atoms with Crippen LogP contribution in [0.4, 0.5) is 0 Å². The van der Waals surface area contributed by atoms with Gasteiger partial charge in [-0.05, 0) is 57.5 Å². The van der Waals surface area contributed by atoms with Crippen LogP contribution >= 0.6 is 0 Å². The van der Waals surface area contributed by atoms with E-state index < -0.39 is 0 Å². The molecule has 1 saturated heterocycles. The molecule has 2 aromatic rings. The maximum atomic E-state index is 12.4. The minimum absolute atomic E-state index is 0.124. The van der Waals surface area contributed by atoms with Gasteiger partial charge in [-0.2, -0.15) is 0 Å². The second-order valence-corrected chi connectivity index (χ2v) is 7.49. The number of ether oxygens (including phenoxy) is 1. The molecule has 1 N–H and O–H groups in total. The van der Waals surface area contributed by atoms with Crippen molar-refractivity contribution >= 4 is 5.91 Å². The number of aryl methyl sites for hydroxylation is 2. The monoisotopic (exact) mass is 366 g/mol. The van der Waals surface area contributed by atoms with Gasteiger partial charge in [-0.3, -0.25) is 9.69 Å². The number of carbonyl (C=O) groups excluding carboxylic acids is 1. The Morgan fingerprint density at radius 2 is 1.59 bits per heavy atom. The Hall–Kier alpha value is -2.33. The predicted molar refractivity (Wildman–Crippen MR) is 109 cm³/mol. The van der Waals surface area contributed by atoms with Crippen molar-refractivity contribution in [2.24, 2.45) is 5.92 Å². The summed E-state index contributed by atoms with van der Waals surface area (Å²) in [5.41, 5.74) is 3.85. The van der Waals surface area contributed by atoms with E-state index >= 15 is 0 Å². The van der Waals surface area contributed by atoms with Gasteiger partial charge in [0.05, 0.1) is 6.54 Å². The van der Waals surface area contributed by atoms with Crippen molar-refractivity contribution < 1.29 is 9.53 Å². The fourth-order valence-electron chi connectivity index (χ4n) is 3.43.